The summed E-state index contributed by atoms with van der Waals surface area (Å²) in [6.45, 7) is 9.65. The third-order valence-corrected chi connectivity index (χ3v) is 2.90. The lowest BCUT2D eigenvalue weighted by atomic mass is 10.1. The smallest absolute Gasteiger partial charge is 0.236 e. The normalized spacial score (nSPS) is 20.7. The predicted molar refractivity (Wildman–Crippen MR) is 61.8 cm³/mol. The van der Waals surface area contributed by atoms with Gasteiger partial charge in [0.25, 0.3) is 0 Å². The van der Waals surface area contributed by atoms with Crippen molar-refractivity contribution in [1.29, 1.82) is 0 Å². The Balaban J connectivity index is 2.31. The minimum Gasteiger partial charge on any atom is -0.341 e. The van der Waals surface area contributed by atoms with Crippen molar-refractivity contribution in [2.24, 2.45) is 5.92 Å². The van der Waals surface area contributed by atoms with Crippen LogP contribution in [0.5, 0.6) is 0 Å². The lowest BCUT2D eigenvalue weighted by molar-refractivity contribution is -0.135. The van der Waals surface area contributed by atoms with E-state index in [2.05, 4.69) is 17.1 Å². The Morgan fingerprint density at radius 1 is 1.47 bits per heavy atom. The third-order valence-electron chi connectivity index (χ3n) is 2.90. The maximum atomic E-state index is 11.6. The molecule has 4 nitrogen and oxygen atoms in total. The number of hydrogen-bond acceptors (Lipinski definition) is 3. The van der Waals surface area contributed by atoms with Crippen molar-refractivity contribution in [3.8, 4) is 0 Å². The van der Waals surface area contributed by atoms with Crippen molar-refractivity contribution < 1.29 is 4.79 Å². The number of carbonyl (C=O) groups excluding carboxylic acids is 1. The van der Waals surface area contributed by atoms with Gasteiger partial charge >= 0.3 is 0 Å². The van der Waals surface area contributed by atoms with Crippen LogP contribution < -0.4 is 5.32 Å². The largest absolute Gasteiger partial charge is 0.341 e. The van der Waals surface area contributed by atoms with Gasteiger partial charge < -0.3 is 10.2 Å². The highest BCUT2D eigenvalue weighted by atomic mass is 16.2. The van der Waals surface area contributed by atoms with E-state index in [4.69, 9.17) is 0 Å². The molecular weight excluding hydrogens is 190 g/mol. The summed E-state index contributed by atoms with van der Waals surface area (Å²) >= 11 is 0. The van der Waals surface area contributed by atoms with Crippen molar-refractivity contribution in [1.82, 2.24) is 15.1 Å². The molecule has 0 aliphatic carbocycles. The van der Waals surface area contributed by atoms with E-state index in [1.54, 1.807) is 0 Å². The Labute approximate surface area is 92.6 Å². The molecule has 0 bridgehead atoms. The fourth-order valence-corrected chi connectivity index (χ4v) is 2.10. The van der Waals surface area contributed by atoms with Crippen LogP contribution in [0.1, 0.15) is 13.8 Å². The van der Waals surface area contributed by atoms with Crippen LogP contribution in [-0.2, 0) is 4.79 Å². The fourth-order valence-electron chi connectivity index (χ4n) is 2.10. The quantitative estimate of drug-likeness (QED) is 0.698. The highest BCUT2D eigenvalue weighted by molar-refractivity contribution is 5.78. The summed E-state index contributed by atoms with van der Waals surface area (Å²) in [5, 5.41) is 3.17. The summed E-state index contributed by atoms with van der Waals surface area (Å²) in [6.07, 6.45) is 0. The van der Waals surface area contributed by atoms with Crippen molar-refractivity contribution in [2.75, 3.05) is 46.3 Å². The Kier molecular flexibility index (Phi) is 5.05. The Bertz CT molecular complexity index is 208. The molecule has 0 aromatic rings. The second-order valence-corrected chi connectivity index (χ2v) is 4.37. The number of nitrogens with one attached hydrogen (secondary N) is 1. The minimum absolute atomic E-state index is 0.278. The van der Waals surface area contributed by atoms with Gasteiger partial charge in [-0.3, -0.25) is 9.69 Å². The predicted octanol–water partition coefficient (Wildman–Crippen LogP) is 0.00600. The Morgan fingerprint density at radius 2 is 2.20 bits per heavy atom. The lowest BCUT2D eigenvalue weighted by Crippen LogP contribution is -2.51. The highest BCUT2D eigenvalue weighted by Crippen LogP contribution is 2.05. The molecule has 1 aliphatic heterocycles. The molecule has 88 valence electrons. The molecule has 1 fully saturated rings. The van der Waals surface area contributed by atoms with Gasteiger partial charge in [0.2, 0.25) is 5.91 Å². The first-order valence-electron chi connectivity index (χ1n) is 5.82. The van der Waals surface area contributed by atoms with Gasteiger partial charge in [0, 0.05) is 26.2 Å². The van der Waals surface area contributed by atoms with E-state index in [1.807, 2.05) is 18.9 Å². The molecule has 1 heterocycles. The third kappa shape index (κ3) is 3.80. The highest BCUT2D eigenvalue weighted by Gasteiger charge is 2.23. The average Bonchev–Trinajstić information content (AvgIpc) is 2.18. The van der Waals surface area contributed by atoms with Crippen molar-refractivity contribution >= 4 is 5.91 Å². The zero-order valence-corrected chi connectivity index (χ0v) is 10.1. The number of rotatable bonds is 5. The first-order valence-corrected chi connectivity index (χ1v) is 5.82. The van der Waals surface area contributed by atoms with E-state index in [1.165, 1.54) is 0 Å². The number of nitrogens with zero attached hydrogens (tertiary/aromatic N) is 2. The number of carbonyl (C=O) groups is 1. The van der Waals surface area contributed by atoms with Gasteiger partial charge in [-0.2, -0.15) is 0 Å². The number of likely N-dealkylation sites (N-methyl/N-ethyl adjacent to an activating group) is 1. The zero-order valence-electron chi connectivity index (χ0n) is 10.1. The summed E-state index contributed by atoms with van der Waals surface area (Å²) in [5.74, 6) is 0.886. The van der Waals surface area contributed by atoms with E-state index in [9.17, 15) is 4.79 Å². The van der Waals surface area contributed by atoms with E-state index in [0.717, 1.165) is 32.7 Å². The molecule has 0 spiro atoms. The maximum absolute atomic E-state index is 11.6. The average molecular weight is 213 g/mol. The van der Waals surface area contributed by atoms with Crippen LogP contribution in [-0.4, -0.2) is 62.0 Å². The minimum atomic E-state index is 0.278. The fraction of sp³-hybridized carbons (Fsp3) is 0.909. The second kappa shape index (κ2) is 6.08. The van der Waals surface area contributed by atoms with Crippen molar-refractivity contribution in [2.45, 2.75) is 13.8 Å². The molecule has 0 aromatic heterocycles. The number of amides is 1. The van der Waals surface area contributed by atoms with Crippen LogP contribution >= 0.6 is 0 Å². The first-order chi connectivity index (χ1) is 7.17. The van der Waals surface area contributed by atoms with E-state index >= 15 is 0 Å². The van der Waals surface area contributed by atoms with Crippen molar-refractivity contribution in [3.63, 3.8) is 0 Å². The van der Waals surface area contributed by atoms with Gasteiger partial charge in [-0.1, -0.05) is 6.92 Å². The van der Waals surface area contributed by atoms with Crippen LogP contribution in [0.3, 0.4) is 0 Å². The molecular formula is C11H23N3O. The number of piperazine rings is 1. The Hall–Kier alpha value is -0.610. The monoisotopic (exact) mass is 213 g/mol. The Morgan fingerprint density at radius 3 is 2.73 bits per heavy atom. The molecule has 0 saturated carbocycles. The van der Waals surface area contributed by atoms with Gasteiger partial charge in [-0.05, 0) is 26.4 Å². The summed E-state index contributed by atoms with van der Waals surface area (Å²) in [5.41, 5.74) is 0. The van der Waals surface area contributed by atoms with E-state index in [0.29, 0.717) is 12.5 Å². The van der Waals surface area contributed by atoms with Gasteiger partial charge in [0.1, 0.15) is 0 Å². The zero-order chi connectivity index (χ0) is 11.3. The van der Waals surface area contributed by atoms with E-state index < -0.39 is 0 Å². The molecule has 15 heavy (non-hydrogen) atoms. The molecule has 0 radical (unpaired) electrons. The van der Waals surface area contributed by atoms with Gasteiger partial charge in [0.15, 0.2) is 0 Å². The van der Waals surface area contributed by atoms with Crippen LogP contribution in [0.4, 0.5) is 0 Å². The molecule has 4 heteroatoms. The summed E-state index contributed by atoms with van der Waals surface area (Å²) < 4.78 is 0. The number of hydrogen-bond donors (Lipinski definition) is 1. The standard InChI is InChI=1S/C11H23N3O/c1-4-14-6-5-13(9-11(14)15)8-10(2)7-12-3/h10,12H,4-9H2,1-3H3. The van der Waals surface area contributed by atoms with Crippen LogP contribution in [0.25, 0.3) is 0 Å². The van der Waals surface area contributed by atoms with Crippen LogP contribution in [0.2, 0.25) is 0 Å². The molecule has 1 N–H and O–H groups in total. The first kappa shape index (κ1) is 12.5. The molecule has 1 aliphatic rings. The molecule has 1 rings (SSSR count). The topological polar surface area (TPSA) is 35.6 Å². The molecule has 1 saturated heterocycles. The lowest BCUT2D eigenvalue weighted by Gasteiger charge is -2.34. The van der Waals surface area contributed by atoms with Gasteiger partial charge in [-0.15, -0.1) is 0 Å². The van der Waals surface area contributed by atoms with Crippen LogP contribution in [0, 0.1) is 5.92 Å². The SMILES string of the molecule is CCN1CCN(CC(C)CNC)CC1=O. The summed E-state index contributed by atoms with van der Waals surface area (Å²) in [7, 11) is 1.97. The molecule has 0 aromatic carbocycles. The van der Waals surface area contributed by atoms with Gasteiger partial charge in [0.05, 0.1) is 6.54 Å². The van der Waals surface area contributed by atoms with Gasteiger partial charge in [-0.25, -0.2) is 0 Å². The molecule has 1 amide bonds. The molecule has 1 atom stereocenters. The van der Waals surface area contributed by atoms with Crippen LogP contribution in [0.15, 0.2) is 0 Å². The maximum Gasteiger partial charge on any atom is 0.236 e. The van der Waals surface area contributed by atoms with E-state index in [-0.39, 0.29) is 5.91 Å². The van der Waals surface area contributed by atoms with Crippen molar-refractivity contribution in [3.05, 3.63) is 0 Å². The summed E-state index contributed by atoms with van der Waals surface area (Å²) in [6, 6.07) is 0. The summed E-state index contributed by atoms with van der Waals surface area (Å²) in [4.78, 5) is 15.8. The molecule has 1 unspecified atom stereocenters. The second-order valence-electron chi connectivity index (χ2n) is 4.37.